The van der Waals surface area contributed by atoms with E-state index in [-0.39, 0.29) is 0 Å². The molecule has 0 bridgehead atoms. The molecule has 0 atom stereocenters. The summed E-state index contributed by atoms with van der Waals surface area (Å²) in [6, 6.07) is 6.26. The summed E-state index contributed by atoms with van der Waals surface area (Å²) in [5.41, 5.74) is 2.10. The summed E-state index contributed by atoms with van der Waals surface area (Å²) in [7, 11) is 0. The zero-order valence-electron chi connectivity index (χ0n) is 11.7. The molecule has 0 aliphatic heterocycles. The Morgan fingerprint density at radius 3 is 2.63 bits per heavy atom. The molecular formula is C16H22O3. The van der Waals surface area contributed by atoms with Gasteiger partial charge in [0, 0.05) is 0 Å². The number of hydrogen-bond donors (Lipinski definition) is 1. The van der Waals surface area contributed by atoms with Crippen LogP contribution in [0.2, 0.25) is 0 Å². The summed E-state index contributed by atoms with van der Waals surface area (Å²) in [4.78, 5) is 11.0. The van der Waals surface area contributed by atoms with Crippen LogP contribution in [0.15, 0.2) is 18.2 Å². The maximum Gasteiger partial charge on any atom is 0.309 e. The summed E-state index contributed by atoms with van der Waals surface area (Å²) in [6.07, 6.45) is 5.34. The highest BCUT2D eigenvalue weighted by molar-refractivity contribution is 5.73. The number of hydrogen-bond acceptors (Lipinski definition) is 2. The average Bonchev–Trinajstić information content (AvgIpc) is 2.38. The second-order valence-electron chi connectivity index (χ2n) is 5.93. The Morgan fingerprint density at radius 1 is 1.26 bits per heavy atom. The van der Waals surface area contributed by atoms with E-state index in [2.05, 4.69) is 12.1 Å². The minimum absolute atomic E-state index is 0.443. The van der Waals surface area contributed by atoms with Crippen molar-refractivity contribution in [3.05, 3.63) is 29.3 Å². The van der Waals surface area contributed by atoms with Gasteiger partial charge in [-0.25, -0.2) is 0 Å². The maximum absolute atomic E-state index is 11.0. The van der Waals surface area contributed by atoms with Crippen molar-refractivity contribution in [1.29, 1.82) is 0 Å². The topological polar surface area (TPSA) is 46.5 Å². The van der Waals surface area contributed by atoms with Crippen LogP contribution < -0.4 is 4.74 Å². The lowest BCUT2D eigenvalue weighted by Crippen LogP contribution is -2.25. The molecule has 3 heteroatoms. The first-order valence-electron chi connectivity index (χ1n) is 6.97. The molecular weight excluding hydrogens is 240 g/mol. The van der Waals surface area contributed by atoms with Gasteiger partial charge in [-0.05, 0) is 69.2 Å². The fourth-order valence-corrected chi connectivity index (χ4v) is 2.33. The van der Waals surface area contributed by atoms with Gasteiger partial charge in [-0.1, -0.05) is 6.07 Å². The molecule has 3 nitrogen and oxygen atoms in total. The van der Waals surface area contributed by atoms with Gasteiger partial charge in [0.2, 0.25) is 0 Å². The Hall–Kier alpha value is -1.51. The van der Waals surface area contributed by atoms with Crippen LogP contribution in [0.5, 0.6) is 5.75 Å². The number of benzene rings is 1. The second kappa shape index (κ2) is 5.64. The first-order chi connectivity index (χ1) is 8.99. The number of carbonyl (C=O) groups is 1. The third kappa shape index (κ3) is 3.49. The van der Waals surface area contributed by atoms with Crippen LogP contribution in [0.4, 0.5) is 0 Å². The smallest absolute Gasteiger partial charge is 0.309 e. The molecule has 104 valence electrons. The molecule has 1 aliphatic rings. The zero-order valence-corrected chi connectivity index (χ0v) is 11.7. The Bertz CT molecular complexity index is 463. The van der Waals surface area contributed by atoms with E-state index < -0.39 is 11.4 Å². The van der Waals surface area contributed by atoms with Gasteiger partial charge >= 0.3 is 5.97 Å². The number of ether oxygens (including phenoxy) is 1. The summed E-state index contributed by atoms with van der Waals surface area (Å²) >= 11 is 0. The highest BCUT2D eigenvalue weighted by Gasteiger charge is 2.26. The van der Waals surface area contributed by atoms with Crippen LogP contribution in [0.3, 0.4) is 0 Å². The Balaban J connectivity index is 1.92. The van der Waals surface area contributed by atoms with Crippen molar-refractivity contribution in [3.63, 3.8) is 0 Å². The largest absolute Gasteiger partial charge is 0.494 e. The van der Waals surface area contributed by atoms with Gasteiger partial charge in [0.1, 0.15) is 5.75 Å². The van der Waals surface area contributed by atoms with Gasteiger partial charge in [0.25, 0.3) is 0 Å². The highest BCUT2D eigenvalue weighted by Crippen LogP contribution is 2.26. The van der Waals surface area contributed by atoms with Crippen LogP contribution in [0.25, 0.3) is 0 Å². The molecule has 1 aromatic rings. The average molecular weight is 262 g/mol. The van der Waals surface area contributed by atoms with Gasteiger partial charge in [0.05, 0.1) is 12.0 Å². The first kappa shape index (κ1) is 13.9. The van der Waals surface area contributed by atoms with Gasteiger partial charge in [-0.15, -0.1) is 0 Å². The third-order valence-corrected chi connectivity index (χ3v) is 3.89. The summed E-state index contributed by atoms with van der Waals surface area (Å²) < 4.78 is 5.69. The van der Waals surface area contributed by atoms with Gasteiger partial charge < -0.3 is 9.84 Å². The summed E-state index contributed by atoms with van der Waals surface area (Å²) in [5, 5.41) is 9.04. The predicted molar refractivity (Wildman–Crippen MR) is 74.6 cm³/mol. The van der Waals surface area contributed by atoms with Gasteiger partial charge in [-0.3, -0.25) is 4.79 Å². The van der Waals surface area contributed by atoms with Crippen LogP contribution in [0.1, 0.15) is 44.2 Å². The van der Waals surface area contributed by atoms with Gasteiger partial charge in [0.15, 0.2) is 0 Å². The summed E-state index contributed by atoms with van der Waals surface area (Å²) in [6.45, 7) is 3.90. The minimum Gasteiger partial charge on any atom is -0.494 e. The Morgan fingerprint density at radius 2 is 1.95 bits per heavy atom. The monoisotopic (exact) mass is 262 g/mol. The molecule has 0 saturated carbocycles. The normalized spacial score (nSPS) is 14.8. The molecule has 1 aromatic carbocycles. The molecule has 1 aliphatic carbocycles. The molecule has 0 amide bonds. The molecule has 0 unspecified atom stereocenters. The fraction of sp³-hybridized carbons (Fsp3) is 0.562. The molecule has 0 saturated heterocycles. The lowest BCUT2D eigenvalue weighted by atomic mass is 9.90. The molecule has 0 aromatic heterocycles. The van der Waals surface area contributed by atoms with E-state index in [9.17, 15) is 4.79 Å². The fourth-order valence-electron chi connectivity index (χ4n) is 2.33. The van der Waals surface area contributed by atoms with E-state index >= 15 is 0 Å². The Kier molecular flexibility index (Phi) is 4.13. The quantitative estimate of drug-likeness (QED) is 0.884. The van der Waals surface area contributed by atoms with Crippen molar-refractivity contribution in [2.45, 2.75) is 46.0 Å². The predicted octanol–water partition coefficient (Wildman–Crippen LogP) is 3.45. The van der Waals surface area contributed by atoms with Crippen LogP contribution in [0, 0.1) is 5.41 Å². The van der Waals surface area contributed by atoms with Crippen LogP contribution in [-0.4, -0.2) is 17.7 Å². The standard InChI is InChI=1S/C16H22O3/c1-16(2,15(17)18)9-10-19-14-8-7-12-5-3-4-6-13(12)11-14/h7-8,11H,3-6,9-10H2,1-2H3,(H,17,18). The number of aliphatic carboxylic acids is 1. The van der Waals surface area contributed by atoms with E-state index in [1.807, 2.05) is 6.07 Å². The molecule has 2 rings (SSSR count). The van der Waals surface area contributed by atoms with E-state index in [1.54, 1.807) is 13.8 Å². The number of aryl methyl sites for hydroxylation is 2. The minimum atomic E-state index is -0.776. The molecule has 19 heavy (non-hydrogen) atoms. The van der Waals surface area contributed by atoms with E-state index in [4.69, 9.17) is 9.84 Å². The van der Waals surface area contributed by atoms with Crippen molar-refractivity contribution >= 4 is 5.97 Å². The molecule has 1 N–H and O–H groups in total. The molecule has 0 heterocycles. The molecule has 0 radical (unpaired) electrons. The van der Waals surface area contributed by atoms with Crippen molar-refractivity contribution in [2.75, 3.05) is 6.61 Å². The van der Waals surface area contributed by atoms with Crippen molar-refractivity contribution in [1.82, 2.24) is 0 Å². The number of carboxylic acids is 1. The number of carboxylic acid groups (broad SMARTS) is 1. The number of fused-ring (bicyclic) bond motifs is 1. The lowest BCUT2D eigenvalue weighted by Gasteiger charge is -2.20. The van der Waals surface area contributed by atoms with Crippen molar-refractivity contribution in [2.24, 2.45) is 5.41 Å². The number of rotatable bonds is 5. The summed E-state index contributed by atoms with van der Waals surface area (Å²) in [5.74, 6) is 0.0865. The lowest BCUT2D eigenvalue weighted by molar-refractivity contribution is -0.147. The SMILES string of the molecule is CC(C)(CCOc1ccc2c(c1)CCCC2)C(=O)O. The van der Waals surface area contributed by atoms with Crippen LogP contribution >= 0.6 is 0 Å². The highest BCUT2D eigenvalue weighted by atomic mass is 16.5. The molecule has 0 fully saturated rings. The van der Waals surface area contributed by atoms with E-state index in [1.165, 1.54) is 30.4 Å². The van der Waals surface area contributed by atoms with Crippen LogP contribution in [-0.2, 0) is 17.6 Å². The van der Waals surface area contributed by atoms with Crippen molar-refractivity contribution in [3.8, 4) is 5.75 Å². The molecule has 0 spiro atoms. The second-order valence-corrected chi connectivity index (χ2v) is 5.93. The Labute approximate surface area is 114 Å². The van der Waals surface area contributed by atoms with Crippen molar-refractivity contribution < 1.29 is 14.6 Å². The first-order valence-corrected chi connectivity index (χ1v) is 6.97. The van der Waals surface area contributed by atoms with Gasteiger partial charge in [-0.2, -0.15) is 0 Å². The van der Waals surface area contributed by atoms with E-state index in [0.29, 0.717) is 13.0 Å². The third-order valence-electron chi connectivity index (χ3n) is 3.89. The maximum atomic E-state index is 11.0. The zero-order chi connectivity index (χ0) is 13.9. The van der Waals surface area contributed by atoms with E-state index in [0.717, 1.165) is 12.2 Å².